The summed E-state index contributed by atoms with van der Waals surface area (Å²) in [4.78, 5) is 27.2. The molecule has 0 aliphatic carbocycles. The molecule has 0 aromatic carbocycles. The number of pyridine rings is 1. The van der Waals surface area contributed by atoms with E-state index in [0.717, 1.165) is 6.07 Å². The quantitative estimate of drug-likeness (QED) is 0.814. The standard InChI is InChI=1S/C16H19F3N2O4/c1-10(22)25-12-6-8-21(9-7-12)15-11(3-5-14(23)24)2-4-13(20-15)16(17,18)19/h2,4,12H,3,5-9H2,1H3,(H,23,24). The molecule has 0 unspecified atom stereocenters. The molecule has 9 heteroatoms. The van der Waals surface area contributed by atoms with Crippen molar-refractivity contribution in [3.05, 3.63) is 23.4 Å². The summed E-state index contributed by atoms with van der Waals surface area (Å²) in [5.74, 6) is -1.27. The molecule has 0 spiro atoms. The van der Waals surface area contributed by atoms with E-state index >= 15 is 0 Å². The largest absolute Gasteiger partial charge is 0.481 e. The van der Waals surface area contributed by atoms with E-state index < -0.39 is 23.8 Å². The molecule has 25 heavy (non-hydrogen) atoms. The summed E-state index contributed by atoms with van der Waals surface area (Å²) in [5, 5.41) is 8.82. The van der Waals surface area contributed by atoms with E-state index in [-0.39, 0.29) is 24.8 Å². The van der Waals surface area contributed by atoms with Gasteiger partial charge in [-0.15, -0.1) is 0 Å². The summed E-state index contributed by atoms with van der Waals surface area (Å²) in [6.45, 7) is 2.07. The molecule has 1 saturated heterocycles. The maximum atomic E-state index is 13.0. The number of piperidine rings is 1. The molecule has 2 heterocycles. The number of anilines is 1. The predicted molar refractivity (Wildman–Crippen MR) is 82.2 cm³/mol. The second-order valence-electron chi connectivity index (χ2n) is 5.87. The first kappa shape index (κ1) is 19.0. The number of alkyl halides is 3. The molecule has 2 rings (SSSR count). The van der Waals surface area contributed by atoms with E-state index in [9.17, 15) is 22.8 Å². The van der Waals surface area contributed by atoms with Crippen LogP contribution in [0.1, 0.15) is 37.4 Å². The number of aryl methyl sites for hydroxylation is 1. The van der Waals surface area contributed by atoms with Gasteiger partial charge in [0, 0.05) is 39.3 Å². The number of hydrogen-bond acceptors (Lipinski definition) is 5. The Morgan fingerprint density at radius 1 is 1.32 bits per heavy atom. The number of esters is 1. The SMILES string of the molecule is CC(=O)OC1CCN(c2nc(C(F)(F)F)ccc2CCC(=O)O)CC1. The predicted octanol–water partition coefficient (Wildman–Crippen LogP) is 2.65. The average molecular weight is 360 g/mol. The number of carboxylic acid groups (broad SMARTS) is 1. The van der Waals surface area contributed by atoms with E-state index in [1.807, 2.05) is 0 Å². The number of halogens is 3. The number of ether oxygens (including phenoxy) is 1. The first-order chi connectivity index (χ1) is 11.7. The Kier molecular flexibility index (Phi) is 5.86. The van der Waals surface area contributed by atoms with Crippen molar-refractivity contribution in [3.8, 4) is 0 Å². The maximum absolute atomic E-state index is 13.0. The van der Waals surface area contributed by atoms with Gasteiger partial charge in [-0.1, -0.05) is 6.07 Å². The van der Waals surface area contributed by atoms with E-state index in [1.165, 1.54) is 13.0 Å². The highest BCUT2D eigenvalue weighted by Crippen LogP contribution is 2.32. The van der Waals surface area contributed by atoms with Crippen LogP contribution in [0.4, 0.5) is 19.0 Å². The van der Waals surface area contributed by atoms with Gasteiger partial charge in [0.15, 0.2) is 0 Å². The van der Waals surface area contributed by atoms with Crippen molar-refractivity contribution in [3.63, 3.8) is 0 Å². The molecule has 1 N–H and O–H groups in total. The van der Waals surface area contributed by atoms with Gasteiger partial charge >= 0.3 is 18.1 Å². The normalized spacial score (nSPS) is 15.9. The summed E-state index contributed by atoms with van der Waals surface area (Å²) in [6.07, 6.45) is -3.96. The van der Waals surface area contributed by atoms with Crippen LogP contribution in [0.3, 0.4) is 0 Å². The zero-order valence-corrected chi connectivity index (χ0v) is 13.7. The zero-order chi connectivity index (χ0) is 18.6. The summed E-state index contributed by atoms with van der Waals surface area (Å²) in [5.41, 5.74) is -0.551. The minimum Gasteiger partial charge on any atom is -0.481 e. The Morgan fingerprint density at radius 2 is 1.96 bits per heavy atom. The van der Waals surface area contributed by atoms with Crippen molar-refractivity contribution < 1.29 is 32.6 Å². The van der Waals surface area contributed by atoms with Gasteiger partial charge in [0.1, 0.15) is 17.6 Å². The lowest BCUT2D eigenvalue weighted by Gasteiger charge is -2.33. The average Bonchev–Trinajstić information content (AvgIpc) is 2.52. The Bertz CT molecular complexity index is 641. The smallest absolute Gasteiger partial charge is 0.433 e. The molecule has 1 aromatic rings. The molecule has 1 fully saturated rings. The highest BCUT2D eigenvalue weighted by Gasteiger charge is 2.34. The molecule has 1 aliphatic rings. The molecule has 1 aliphatic heterocycles. The van der Waals surface area contributed by atoms with Crippen molar-refractivity contribution >= 4 is 17.8 Å². The lowest BCUT2D eigenvalue weighted by Crippen LogP contribution is -2.38. The van der Waals surface area contributed by atoms with Crippen LogP contribution in [0.5, 0.6) is 0 Å². The number of hydrogen-bond donors (Lipinski definition) is 1. The number of aliphatic carboxylic acids is 1. The van der Waals surface area contributed by atoms with Crippen molar-refractivity contribution in [1.29, 1.82) is 0 Å². The van der Waals surface area contributed by atoms with Gasteiger partial charge in [-0.2, -0.15) is 13.2 Å². The Morgan fingerprint density at radius 3 is 2.48 bits per heavy atom. The molecule has 0 radical (unpaired) electrons. The first-order valence-electron chi connectivity index (χ1n) is 7.88. The lowest BCUT2D eigenvalue weighted by molar-refractivity contribution is -0.147. The molecule has 0 amide bonds. The van der Waals surface area contributed by atoms with E-state index in [4.69, 9.17) is 9.84 Å². The van der Waals surface area contributed by atoms with Crippen LogP contribution < -0.4 is 4.90 Å². The number of carboxylic acids is 1. The van der Waals surface area contributed by atoms with E-state index in [1.54, 1.807) is 4.90 Å². The third-order valence-corrected chi connectivity index (χ3v) is 3.93. The first-order valence-corrected chi connectivity index (χ1v) is 7.88. The maximum Gasteiger partial charge on any atom is 0.433 e. The van der Waals surface area contributed by atoms with Crippen molar-refractivity contribution in [2.75, 3.05) is 18.0 Å². The molecule has 6 nitrogen and oxygen atoms in total. The van der Waals surface area contributed by atoms with Gasteiger partial charge in [-0.25, -0.2) is 4.98 Å². The Labute approximate surface area is 142 Å². The summed E-state index contributed by atoms with van der Waals surface area (Å²) in [6, 6.07) is 2.15. The fraction of sp³-hybridized carbons (Fsp3) is 0.562. The molecule has 0 saturated carbocycles. The summed E-state index contributed by atoms with van der Waals surface area (Å²) < 4.78 is 44.0. The third kappa shape index (κ3) is 5.33. The summed E-state index contributed by atoms with van der Waals surface area (Å²) in [7, 11) is 0. The van der Waals surface area contributed by atoms with Crippen LogP contribution in [0.25, 0.3) is 0 Å². The minimum absolute atomic E-state index is 0.0969. The molecular weight excluding hydrogens is 341 g/mol. The van der Waals surface area contributed by atoms with Crippen molar-refractivity contribution in [2.45, 2.75) is 44.9 Å². The second kappa shape index (κ2) is 7.71. The second-order valence-corrected chi connectivity index (χ2v) is 5.87. The molecular formula is C16H19F3N2O4. The molecule has 0 bridgehead atoms. The van der Waals surface area contributed by atoms with Crippen LogP contribution >= 0.6 is 0 Å². The number of aromatic nitrogens is 1. The highest BCUT2D eigenvalue weighted by molar-refractivity contribution is 5.67. The van der Waals surface area contributed by atoms with Crippen LogP contribution in [-0.2, 0) is 26.9 Å². The zero-order valence-electron chi connectivity index (χ0n) is 13.7. The topological polar surface area (TPSA) is 79.7 Å². The van der Waals surface area contributed by atoms with Crippen LogP contribution in [0.2, 0.25) is 0 Å². The van der Waals surface area contributed by atoms with Crippen LogP contribution in [0, 0.1) is 0 Å². The number of carbonyl (C=O) groups excluding carboxylic acids is 1. The number of carbonyl (C=O) groups is 2. The van der Waals surface area contributed by atoms with Gasteiger partial charge in [0.05, 0.1) is 0 Å². The minimum atomic E-state index is -4.57. The Balaban J connectivity index is 2.21. The number of nitrogens with zero attached hydrogens (tertiary/aromatic N) is 2. The van der Waals surface area contributed by atoms with E-state index in [2.05, 4.69) is 4.98 Å². The van der Waals surface area contributed by atoms with Gasteiger partial charge in [0.2, 0.25) is 0 Å². The number of rotatable bonds is 5. The lowest BCUT2D eigenvalue weighted by atomic mass is 10.0. The van der Waals surface area contributed by atoms with Gasteiger partial charge in [-0.05, 0) is 18.1 Å². The monoisotopic (exact) mass is 360 g/mol. The molecule has 138 valence electrons. The fourth-order valence-electron chi connectivity index (χ4n) is 2.77. The van der Waals surface area contributed by atoms with Crippen LogP contribution in [-0.4, -0.2) is 41.2 Å². The molecule has 1 aromatic heterocycles. The van der Waals surface area contributed by atoms with Crippen LogP contribution in [0.15, 0.2) is 12.1 Å². The summed E-state index contributed by atoms with van der Waals surface area (Å²) >= 11 is 0. The van der Waals surface area contributed by atoms with Gasteiger partial charge in [0.25, 0.3) is 0 Å². The van der Waals surface area contributed by atoms with Crippen molar-refractivity contribution in [2.24, 2.45) is 0 Å². The Hall–Kier alpha value is -2.32. The van der Waals surface area contributed by atoms with Gasteiger partial charge in [-0.3, -0.25) is 9.59 Å². The van der Waals surface area contributed by atoms with Gasteiger partial charge < -0.3 is 14.7 Å². The fourth-order valence-corrected chi connectivity index (χ4v) is 2.77. The third-order valence-electron chi connectivity index (χ3n) is 3.93. The van der Waals surface area contributed by atoms with E-state index in [0.29, 0.717) is 31.5 Å². The highest BCUT2D eigenvalue weighted by atomic mass is 19.4. The van der Waals surface area contributed by atoms with Crippen molar-refractivity contribution in [1.82, 2.24) is 4.98 Å². The molecule has 0 atom stereocenters.